The van der Waals surface area contributed by atoms with E-state index in [2.05, 4.69) is 11.4 Å². The van der Waals surface area contributed by atoms with Gasteiger partial charge in [-0.25, -0.2) is 0 Å². The summed E-state index contributed by atoms with van der Waals surface area (Å²) in [5.74, 6) is -0.0506. The second-order valence-electron chi connectivity index (χ2n) is 5.08. The lowest BCUT2D eigenvalue weighted by Gasteiger charge is -2.27. The van der Waals surface area contributed by atoms with Crippen LogP contribution >= 0.6 is 0 Å². The number of nitriles is 1. The Hall–Kier alpha value is -1.08. The molecule has 0 aromatic heterocycles. The van der Waals surface area contributed by atoms with Crippen LogP contribution in [0.1, 0.15) is 58.8 Å². The predicted octanol–water partition coefficient (Wildman–Crippen LogP) is 2.53. The minimum Gasteiger partial charge on any atom is -0.378 e. The van der Waals surface area contributed by atoms with Crippen molar-refractivity contribution in [3.05, 3.63) is 0 Å². The Morgan fingerprint density at radius 1 is 1.44 bits per heavy atom. The van der Waals surface area contributed by atoms with E-state index in [1.807, 2.05) is 13.8 Å². The molecule has 0 aliphatic carbocycles. The van der Waals surface area contributed by atoms with Crippen LogP contribution in [0.3, 0.4) is 0 Å². The molecule has 1 fully saturated rings. The van der Waals surface area contributed by atoms with Gasteiger partial charge in [-0.3, -0.25) is 4.79 Å². The summed E-state index contributed by atoms with van der Waals surface area (Å²) < 4.78 is 5.45. The van der Waals surface area contributed by atoms with Crippen LogP contribution in [0.15, 0.2) is 0 Å². The van der Waals surface area contributed by atoms with Gasteiger partial charge in [-0.05, 0) is 25.7 Å². The summed E-state index contributed by atoms with van der Waals surface area (Å²) in [6.45, 7) is 4.83. The van der Waals surface area contributed by atoms with Crippen LogP contribution in [0.25, 0.3) is 0 Å². The lowest BCUT2D eigenvalue weighted by atomic mass is 9.90. The van der Waals surface area contributed by atoms with Crippen LogP contribution in [0.2, 0.25) is 0 Å². The van der Waals surface area contributed by atoms with Gasteiger partial charge in [-0.15, -0.1) is 0 Å². The van der Waals surface area contributed by atoms with E-state index >= 15 is 0 Å². The Balaban J connectivity index is 2.53. The zero-order chi connectivity index (χ0) is 13.4. The molecule has 1 N–H and O–H groups in total. The van der Waals surface area contributed by atoms with Gasteiger partial charge in [0.05, 0.1) is 18.6 Å². The highest BCUT2D eigenvalue weighted by molar-refractivity contribution is 5.77. The van der Waals surface area contributed by atoms with Gasteiger partial charge in [0.2, 0.25) is 5.91 Å². The fraction of sp³-hybridized carbons (Fsp3) is 0.857. The highest BCUT2D eigenvalue weighted by Crippen LogP contribution is 2.20. The topological polar surface area (TPSA) is 62.1 Å². The molecule has 1 aliphatic heterocycles. The highest BCUT2D eigenvalue weighted by Gasteiger charge is 2.31. The molecule has 0 bridgehead atoms. The van der Waals surface area contributed by atoms with Crippen LogP contribution in [0.5, 0.6) is 0 Å². The van der Waals surface area contributed by atoms with E-state index in [4.69, 9.17) is 4.74 Å². The molecule has 0 radical (unpaired) electrons. The van der Waals surface area contributed by atoms with E-state index in [0.717, 1.165) is 32.3 Å². The standard InChI is InChI=1S/C14H24N2O2/c1-3-7-14(11-15,8-4-2)16-13(17)10-12-6-5-9-18-12/h12H,3-10H2,1-2H3,(H,16,17). The van der Waals surface area contributed by atoms with E-state index < -0.39 is 5.54 Å². The number of hydrogen-bond donors (Lipinski definition) is 1. The average molecular weight is 252 g/mol. The third kappa shape index (κ3) is 4.30. The average Bonchev–Trinajstić information content (AvgIpc) is 2.82. The molecule has 1 rings (SSSR count). The summed E-state index contributed by atoms with van der Waals surface area (Å²) in [5.41, 5.74) is -0.681. The number of carbonyl (C=O) groups is 1. The minimum absolute atomic E-state index is 0.0460. The minimum atomic E-state index is -0.681. The first kappa shape index (κ1) is 15.0. The molecule has 4 heteroatoms. The molecule has 0 aromatic carbocycles. The van der Waals surface area contributed by atoms with E-state index in [1.54, 1.807) is 0 Å². The van der Waals surface area contributed by atoms with Gasteiger partial charge in [0.1, 0.15) is 5.54 Å². The monoisotopic (exact) mass is 252 g/mol. The number of amides is 1. The second kappa shape index (κ2) is 7.38. The Morgan fingerprint density at radius 3 is 2.56 bits per heavy atom. The zero-order valence-corrected chi connectivity index (χ0v) is 11.5. The van der Waals surface area contributed by atoms with Gasteiger partial charge in [-0.1, -0.05) is 26.7 Å². The third-order valence-electron chi connectivity index (χ3n) is 3.38. The van der Waals surface area contributed by atoms with Crippen molar-refractivity contribution >= 4 is 5.91 Å². The lowest BCUT2D eigenvalue weighted by Crippen LogP contribution is -2.48. The maximum absolute atomic E-state index is 12.0. The summed E-state index contributed by atoms with van der Waals surface area (Å²) in [6, 6.07) is 2.30. The Bertz CT molecular complexity index is 297. The van der Waals surface area contributed by atoms with Gasteiger partial charge in [0, 0.05) is 6.61 Å². The molecule has 4 nitrogen and oxygen atoms in total. The molecule has 0 saturated carbocycles. The number of ether oxygens (including phenoxy) is 1. The van der Waals surface area contributed by atoms with E-state index in [-0.39, 0.29) is 12.0 Å². The van der Waals surface area contributed by atoms with Crippen molar-refractivity contribution in [2.45, 2.75) is 70.4 Å². The van der Waals surface area contributed by atoms with Crippen molar-refractivity contribution in [3.8, 4) is 6.07 Å². The summed E-state index contributed by atoms with van der Waals surface area (Å²) in [6.07, 6.45) is 5.64. The molecule has 102 valence electrons. The van der Waals surface area contributed by atoms with Gasteiger partial charge >= 0.3 is 0 Å². The van der Waals surface area contributed by atoms with Gasteiger partial charge in [-0.2, -0.15) is 5.26 Å². The SMILES string of the molecule is CCCC(C#N)(CCC)NC(=O)CC1CCCO1. The first-order valence-corrected chi connectivity index (χ1v) is 6.99. The molecular formula is C14H24N2O2. The van der Waals surface area contributed by atoms with Gasteiger partial charge in [0.25, 0.3) is 0 Å². The smallest absolute Gasteiger partial charge is 0.223 e. The highest BCUT2D eigenvalue weighted by atomic mass is 16.5. The van der Waals surface area contributed by atoms with E-state index in [0.29, 0.717) is 19.3 Å². The van der Waals surface area contributed by atoms with Crippen molar-refractivity contribution in [2.24, 2.45) is 0 Å². The summed E-state index contributed by atoms with van der Waals surface area (Å²) in [5, 5.41) is 12.3. The summed E-state index contributed by atoms with van der Waals surface area (Å²) in [4.78, 5) is 12.0. The zero-order valence-electron chi connectivity index (χ0n) is 11.5. The van der Waals surface area contributed by atoms with Crippen LogP contribution in [-0.2, 0) is 9.53 Å². The van der Waals surface area contributed by atoms with Crippen LogP contribution in [0.4, 0.5) is 0 Å². The van der Waals surface area contributed by atoms with Gasteiger partial charge < -0.3 is 10.1 Å². The van der Waals surface area contributed by atoms with Crippen molar-refractivity contribution in [1.29, 1.82) is 5.26 Å². The Labute approximate surface area is 110 Å². The summed E-state index contributed by atoms with van der Waals surface area (Å²) >= 11 is 0. The number of carbonyl (C=O) groups excluding carboxylic acids is 1. The van der Waals surface area contributed by atoms with Crippen molar-refractivity contribution in [1.82, 2.24) is 5.32 Å². The molecule has 1 amide bonds. The van der Waals surface area contributed by atoms with Gasteiger partial charge in [0.15, 0.2) is 0 Å². The fourth-order valence-corrected chi connectivity index (χ4v) is 2.57. The Kier molecular flexibility index (Phi) is 6.14. The first-order valence-electron chi connectivity index (χ1n) is 6.99. The van der Waals surface area contributed by atoms with Crippen LogP contribution < -0.4 is 5.32 Å². The summed E-state index contributed by atoms with van der Waals surface area (Å²) in [7, 11) is 0. The Morgan fingerprint density at radius 2 is 2.11 bits per heavy atom. The first-order chi connectivity index (χ1) is 8.65. The molecular weight excluding hydrogens is 228 g/mol. The quantitative estimate of drug-likeness (QED) is 0.757. The van der Waals surface area contributed by atoms with E-state index in [1.165, 1.54) is 0 Å². The van der Waals surface area contributed by atoms with Crippen LogP contribution in [0, 0.1) is 11.3 Å². The molecule has 0 spiro atoms. The fourth-order valence-electron chi connectivity index (χ4n) is 2.57. The molecule has 1 aliphatic rings. The molecule has 18 heavy (non-hydrogen) atoms. The molecule has 1 saturated heterocycles. The van der Waals surface area contributed by atoms with Crippen molar-refractivity contribution < 1.29 is 9.53 Å². The normalized spacial score (nSPS) is 19.5. The molecule has 1 unspecified atom stereocenters. The number of nitrogens with one attached hydrogen (secondary N) is 1. The lowest BCUT2D eigenvalue weighted by molar-refractivity contribution is -0.124. The number of rotatable bonds is 7. The largest absolute Gasteiger partial charge is 0.378 e. The molecule has 1 heterocycles. The second-order valence-corrected chi connectivity index (χ2v) is 5.08. The predicted molar refractivity (Wildman–Crippen MR) is 69.9 cm³/mol. The van der Waals surface area contributed by atoms with Crippen molar-refractivity contribution in [2.75, 3.05) is 6.61 Å². The molecule has 1 atom stereocenters. The van der Waals surface area contributed by atoms with E-state index in [9.17, 15) is 10.1 Å². The number of hydrogen-bond acceptors (Lipinski definition) is 3. The maximum atomic E-state index is 12.0. The number of nitrogens with zero attached hydrogens (tertiary/aromatic N) is 1. The maximum Gasteiger partial charge on any atom is 0.223 e. The van der Waals surface area contributed by atoms with Crippen LogP contribution in [-0.4, -0.2) is 24.2 Å². The third-order valence-corrected chi connectivity index (χ3v) is 3.38. The molecule has 0 aromatic rings. The van der Waals surface area contributed by atoms with Crippen molar-refractivity contribution in [3.63, 3.8) is 0 Å².